The normalized spacial score (nSPS) is 37.5. The first kappa shape index (κ1) is 15.8. The van der Waals surface area contributed by atoms with Crippen LogP contribution in [0, 0.1) is 5.21 Å². The van der Waals surface area contributed by atoms with E-state index in [1.165, 1.54) is 0 Å². The Labute approximate surface area is 142 Å². The predicted molar refractivity (Wildman–Crippen MR) is 88.5 cm³/mol. The van der Waals surface area contributed by atoms with Gasteiger partial charge in [-0.1, -0.05) is 30.3 Å². The quantitative estimate of drug-likeness (QED) is 0.635. The maximum atomic E-state index is 14.0. The number of ether oxygens (including phenoxy) is 2. The molecule has 1 aromatic carbocycles. The zero-order valence-corrected chi connectivity index (χ0v) is 14.2. The average Bonchev–Trinajstić information content (AvgIpc) is 3.19. The Hall–Kier alpha value is -1.66. The molecule has 0 bridgehead atoms. The van der Waals surface area contributed by atoms with Crippen LogP contribution in [0.5, 0.6) is 0 Å². The zero-order chi connectivity index (χ0) is 16.9. The topological polar surface area (TPSA) is 54.7 Å². The summed E-state index contributed by atoms with van der Waals surface area (Å²) in [5.41, 5.74) is 1.01. The predicted octanol–water partition coefficient (Wildman–Crippen LogP) is 3.76. The number of hydrogen-bond acceptors (Lipinski definition) is 4. The lowest BCUT2D eigenvalue weighted by atomic mass is 10.1. The number of fused-ring (bicyclic) bond motifs is 1. The maximum absolute atomic E-state index is 14.0. The highest BCUT2D eigenvalue weighted by atomic mass is 16.8. The van der Waals surface area contributed by atoms with Crippen molar-refractivity contribution in [2.75, 3.05) is 0 Å². The van der Waals surface area contributed by atoms with Gasteiger partial charge < -0.3 is 23.7 Å². The number of rotatable bonds is 3. The largest absolute Gasteiger partial charge is 0.632 e. The highest BCUT2D eigenvalue weighted by Gasteiger charge is 2.63. The molecule has 128 valence electrons. The molecule has 0 N–H and O–H groups in total. The number of nitrogens with zero attached hydrogens (tertiary/aromatic N) is 1. The van der Waals surface area contributed by atoms with Crippen molar-refractivity contribution in [3.63, 3.8) is 0 Å². The van der Waals surface area contributed by atoms with Crippen molar-refractivity contribution in [3.05, 3.63) is 65.3 Å². The molecule has 5 atom stereocenters. The molecule has 2 saturated heterocycles. The minimum Gasteiger partial charge on any atom is -0.632 e. The van der Waals surface area contributed by atoms with E-state index in [1.54, 1.807) is 6.26 Å². The fourth-order valence-electron chi connectivity index (χ4n) is 4.13. The van der Waals surface area contributed by atoms with Gasteiger partial charge in [0.2, 0.25) is 0 Å². The molecule has 2 aliphatic heterocycles. The molecule has 5 nitrogen and oxygen atoms in total. The van der Waals surface area contributed by atoms with Gasteiger partial charge in [-0.25, -0.2) is 0 Å². The molecule has 2 aromatic rings. The molecular formula is C19H23NO4. The first-order valence-electron chi connectivity index (χ1n) is 8.42. The Morgan fingerprint density at radius 1 is 1.04 bits per heavy atom. The molecule has 3 heterocycles. The van der Waals surface area contributed by atoms with E-state index in [-0.39, 0.29) is 18.2 Å². The summed E-state index contributed by atoms with van der Waals surface area (Å²) in [6, 6.07) is 12.9. The number of hydrogen-bond donors (Lipinski definition) is 0. The minimum atomic E-state index is -0.674. The SMILES string of the molecule is C[C@@H]1[C@H]2OC(C)(C)O[C@H]2[C@@H](c2ccco2)[N@@+]1([O-])Cc1ccccc1. The Bertz CT molecular complexity index is 699. The second-order valence-corrected chi connectivity index (χ2v) is 7.26. The van der Waals surface area contributed by atoms with Crippen LogP contribution in [0.25, 0.3) is 0 Å². The van der Waals surface area contributed by atoms with E-state index in [0.29, 0.717) is 12.3 Å². The van der Waals surface area contributed by atoms with Gasteiger partial charge in [0.25, 0.3) is 0 Å². The van der Waals surface area contributed by atoms with Gasteiger partial charge >= 0.3 is 0 Å². The van der Waals surface area contributed by atoms with Crippen molar-refractivity contribution in [2.24, 2.45) is 0 Å². The third kappa shape index (κ3) is 2.40. The van der Waals surface area contributed by atoms with Gasteiger partial charge in [0.05, 0.1) is 6.26 Å². The number of furan rings is 1. The van der Waals surface area contributed by atoms with Gasteiger partial charge in [0.15, 0.2) is 23.7 Å². The molecular weight excluding hydrogens is 306 g/mol. The Morgan fingerprint density at radius 2 is 1.75 bits per heavy atom. The van der Waals surface area contributed by atoms with Crippen LogP contribution in [0.3, 0.4) is 0 Å². The van der Waals surface area contributed by atoms with Gasteiger partial charge in [-0.15, -0.1) is 0 Å². The zero-order valence-electron chi connectivity index (χ0n) is 14.2. The van der Waals surface area contributed by atoms with E-state index < -0.39 is 16.5 Å². The lowest BCUT2D eigenvalue weighted by Gasteiger charge is -2.48. The van der Waals surface area contributed by atoms with Crippen molar-refractivity contribution in [2.45, 2.75) is 57.4 Å². The van der Waals surface area contributed by atoms with Gasteiger partial charge in [0, 0.05) is 5.56 Å². The van der Waals surface area contributed by atoms with Gasteiger partial charge in [0.1, 0.15) is 18.7 Å². The third-order valence-electron chi connectivity index (χ3n) is 5.22. The van der Waals surface area contributed by atoms with E-state index >= 15 is 0 Å². The first-order valence-corrected chi connectivity index (χ1v) is 8.42. The molecule has 0 aliphatic carbocycles. The van der Waals surface area contributed by atoms with Gasteiger partial charge in [-0.2, -0.15) is 0 Å². The number of benzene rings is 1. The van der Waals surface area contributed by atoms with Gasteiger partial charge in [-0.3, -0.25) is 0 Å². The second-order valence-electron chi connectivity index (χ2n) is 7.26. The lowest BCUT2D eigenvalue weighted by molar-refractivity contribution is -0.937. The molecule has 2 aliphatic rings. The summed E-state index contributed by atoms with van der Waals surface area (Å²) >= 11 is 0. The molecule has 0 saturated carbocycles. The summed E-state index contributed by atoms with van der Waals surface area (Å²) < 4.78 is 17.4. The minimum absolute atomic E-state index is 0.240. The van der Waals surface area contributed by atoms with Crippen LogP contribution in [0.15, 0.2) is 53.1 Å². The highest BCUT2D eigenvalue weighted by Crippen LogP contribution is 2.52. The fraction of sp³-hybridized carbons (Fsp3) is 0.474. The van der Waals surface area contributed by atoms with Crippen LogP contribution in [-0.4, -0.2) is 28.7 Å². The van der Waals surface area contributed by atoms with E-state index in [1.807, 2.05) is 63.2 Å². The summed E-state index contributed by atoms with van der Waals surface area (Å²) in [6.45, 7) is 6.12. The molecule has 0 unspecified atom stereocenters. The molecule has 24 heavy (non-hydrogen) atoms. The number of hydroxylamine groups is 3. The van der Waals surface area contributed by atoms with E-state index in [2.05, 4.69) is 0 Å². The summed E-state index contributed by atoms with van der Waals surface area (Å²) in [6.07, 6.45) is 1.07. The second kappa shape index (κ2) is 5.43. The van der Waals surface area contributed by atoms with Crippen LogP contribution in [-0.2, 0) is 16.0 Å². The van der Waals surface area contributed by atoms with Crippen molar-refractivity contribution in [3.8, 4) is 0 Å². The van der Waals surface area contributed by atoms with Crippen molar-refractivity contribution >= 4 is 0 Å². The molecule has 4 rings (SSSR count). The van der Waals surface area contributed by atoms with Crippen LogP contribution < -0.4 is 0 Å². The first-order chi connectivity index (χ1) is 11.4. The molecule has 0 amide bonds. The molecule has 0 spiro atoms. The van der Waals surface area contributed by atoms with Crippen LogP contribution >= 0.6 is 0 Å². The Balaban J connectivity index is 1.75. The average molecular weight is 329 g/mol. The highest BCUT2D eigenvalue weighted by molar-refractivity contribution is 5.16. The molecule has 5 heteroatoms. The molecule has 1 aromatic heterocycles. The van der Waals surface area contributed by atoms with Gasteiger partial charge in [-0.05, 0) is 32.9 Å². The summed E-state index contributed by atoms with van der Waals surface area (Å²) in [5, 5.41) is 14.0. The number of likely N-dealkylation sites (tertiary alicyclic amines) is 1. The molecule has 0 radical (unpaired) electrons. The van der Waals surface area contributed by atoms with E-state index in [0.717, 1.165) is 5.56 Å². The number of quaternary nitrogens is 1. The standard InChI is InChI=1S/C19H23NO4/c1-13-17-18(24-19(2,3)23-17)16(15-10-7-11-22-15)20(13,21)12-14-8-5-4-6-9-14/h4-11,13,16-18H,12H2,1-3H3/t13-,16-,17-,18+,20-/m1/s1. The fourth-order valence-corrected chi connectivity index (χ4v) is 4.13. The smallest absolute Gasteiger partial charge is 0.177 e. The maximum Gasteiger partial charge on any atom is 0.177 e. The molecule has 2 fully saturated rings. The van der Waals surface area contributed by atoms with Crippen molar-refractivity contribution < 1.29 is 18.5 Å². The van der Waals surface area contributed by atoms with Crippen LogP contribution in [0.2, 0.25) is 0 Å². The van der Waals surface area contributed by atoms with Crippen molar-refractivity contribution in [1.29, 1.82) is 0 Å². The van der Waals surface area contributed by atoms with Crippen molar-refractivity contribution in [1.82, 2.24) is 0 Å². The summed E-state index contributed by atoms with van der Waals surface area (Å²) in [5.74, 6) is -0.00604. The lowest BCUT2D eigenvalue weighted by Crippen LogP contribution is -2.50. The monoisotopic (exact) mass is 329 g/mol. The van der Waals surface area contributed by atoms with E-state index in [4.69, 9.17) is 13.9 Å². The Kier molecular flexibility index (Phi) is 3.58. The third-order valence-corrected chi connectivity index (χ3v) is 5.22. The van der Waals surface area contributed by atoms with E-state index in [9.17, 15) is 5.21 Å². The summed E-state index contributed by atoms with van der Waals surface area (Å²) in [4.78, 5) is 0. The summed E-state index contributed by atoms with van der Waals surface area (Å²) in [7, 11) is 0. The van der Waals surface area contributed by atoms with Crippen LogP contribution in [0.1, 0.15) is 38.1 Å². The van der Waals surface area contributed by atoms with Crippen LogP contribution in [0.4, 0.5) is 0 Å². The Morgan fingerprint density at radius 3 is 2.42 bits per heavy atom.